The van der Waals surface area contributed by atoms with Crippen LogP contribution >= 0.6 is 0 Å². The van der Waals surface area contributed by atoms with Gasteiger partial charge in [0.15, 0.2) is 0 Å². The number of carboxylic acids is 1. The molecule has 0 aromatic carbocycles. The summed E-state index contributed by atoms with van der Waals surface area (Å²) in [7, 11) is 0. The van der Waals surface area contributed by atoms with Gasteiger partial charge in [0, 0.05) is 18.9 Å². The quantitative estimate of drug-likeness (QED) is 0.635. The van der Waals surface area contributed by atoms with E-state index in [0.717, 1.165) is 12.8 Å². The van der Waals surface area contributed by atoms with E-state index in [1.165, 1.54) is 0 Å². The Morgan fingerprint density at radius 1 is 1.50 bits per heavy atom. The lowest BCUT2D eigenvalue weighted by Gasteiger charge is -2.20. The standard InChI is InChI=1S/C8H13NO3/c10-7-3-1-6(2-4-7)9-5-8(11)12/h6,9H,1-5H2,(H,11,12). The largest absolute Gasteiger partial charge is 0.480 e. The molecule has 0 saturated heterocycles. The summed E-state index contributed by atoms with van der Waals surface area (Å²) in [6.45, 7) is -0.00113. The van der Waals surface area contributed by atoms with Gasteiger partial charge in [-0.15, -0.1) is 0 Å². The first kappa shape index (κ1) is 9.19. The van der Waals surface area contributed by atoms with E-state index >= 15 is 0 Å². The van der Waals surface area contributed by atoms with Crippen LogP contribution in [-0.2, 0) is 9.59 Å². The molecule has 0 atom stereocenters. The topological polar surface area (TPSA) is 66.4 Å². The molecular weight excluding hydrogens is 158 g/mol. The van der Waals surface area contributed by atoms with Crippen molar-refractivity contribution in [2.75, 3.05) is 6.54 Å². The van der Waals surface area contributed by atoms with E-state index in [4.69, 9.17) is 5.11 Å². The van der Waals surface area contributed by atoms with Gasteiger partial charge in [-0.2, -0.15) is 0 Å². The van der Waals surface area contributed by atoms with Gasteiger partial charge >= 0.3 is 5.97 Å². The van der Waals surface area contributed by atoms with Crippen LogP contribution in [0.15, 0.2) is 0 Å². The molecule has 0 radical (unpaired) electrons. The van der Waals surface area contributed by atoms with Crippen molar-refractivity contribution in [2.24, 2.45) is 0 Å². The van der Waals surface area contributed by atoms with Crippen molar-refractivity contribution in [2.45, 2.75) is 31.7 Å². The van der Waals surface area contributed by atoms with E-state index in [1.807, 2.05) is 0 Å². The number of hydrogen-bond donors (Lipinski definition) is 2. The van der Waals surface area contributed by atoms with Crippen molar-refractivity contribution >= 4 is 11.8 Å². The molecule has 12 heavy (non-hydrogen) atoms. The molecule has 1 fully saturated rings. The van der Waals surface area contributed by atoms with Gasteiger partial charge in [-0.05, 0) is 12.8 Å². The third-order valence-corrected chi connectivity index (χ3v) is 2.09. The highest BCUT2D eigenvalue weighted by Crippen LogP contribution is 2.14. The third kappa shape index (κ3) is 3.00. The molecule has 68 valence electrons. The van der Waals surface area contributed by atoms with Gasteiger partial charge in [0.05, 0.1) is 6.54 Å². The first-order chi connectivity index (χ1) is 5.68. The minimum atomic E-state index is -0.841. The van der Waals surface area contributed by atoms with E-state index in [0.29, 0.717) is 18.6 Å². The van der Waals surface area contributed by atoms with Crippen LogP contribution in [0, 0.1) is 0 Å². The van der Waals surface area contributed by atoms with Crippen LogP contribution in [0.1, 0.15) is 25.7 Å². The molecule has 0 aromatic rings. The molecule has 0 amide bonds. The van der Waals surface area contributed by atoms with Crippen molar-refractivity contribution in [3.05, 3.63) is 0 Å². The Kier molecular flexibility index (Phi) is 3.22. The van der Waals surface area contributed by atoms with Crippen LogP contribution in [0.25, 0.3) is 0 Å². The number of aliphatic carboxylic acids is 1. The molecule has 0 aliphatic heterocycles. The minimum Gasteiger partial charge on any atom is -0.480 e. The Bertz CT molecular complexity index is 181. The average molecular weight is 171 g/mol. The molecule has 0 spiro atoms. The van der Waals surface area contributed by atoms with Gasteiger partial charge in [0.1, 0.15) is 5.78 Å². The summed E-state index contributed by atoms with van der Waals surface area (Å²) >= 11 is 0. The van der Waals surface area contributed by atoms with Crippen LogP contribution in [0.4, 0.5) is 0 Å². The summed E-state index contributed by atoms with van der Waals surface area (Å²) in [6, 6.07) is 0.221. The highest BCUT2D eigenvalue weighted by atomic mass is 16.4. The highest BCUT2D eigenvalue weighted by Gasteiger charge is 2.18. The second-order valence-corrected chi connectivity index (χ2v) is 3.09. The molecule has 1 aliphatic rings. The fourth-order valence-corrected chi connectivity index (χ4v) is 1.38. The first-order valence-corrected chi connectivity index (χ1v) is 4.15. The molecule has 4 heteroatoms. The zero-order chi connectivity index (χ0) is 8.97. The number of carbonyl (C=O) groups is 2. The van der Waals surface area contributed by atoms with Crippen LogP contribution < -0.4 is 5.32 Å². The van der Waals surface area contributed by atoms with Gasteiger partial charge < -0.3 is 10.4 Å². The maximum atomic E-state index is 10.8. The molecule has 0 heterocycles. The fraction of sp³-hybridized carbons (Fsp3) is 0.750. The number of hydrogen-bond acceptors (Lipinski definition) is 3. The molecule has 2 N–H and O–H groups in total. The van der Waals surface area contributed by atoms with E-state index in [1.54, 1.807) is 0 Å². The smallest absolute Gasteiger partial charge is 0.317 e. The summed E-state index contributed by atoms with van der Waals surface area (Å²) in [6.07, 6.45) is 2.76. The van der Waals surface area contributed by atoms with Gasteiger partial charge in [-0.3, -0.25) is 9.59 Å². The number of ketones is 1. The second kappa shape index (κ2) is 4.21. The van der Waals surface area contributed by atoms with Crippen molar-refractivity contribution in [3.8, 4) is 0 Å². The number of nitrogens with one attached hydrogen (secondary N) is 1. The number of carboxylic acid groups (broad SMARTS) is 1. The van der Waals surface area contributed by atoms with Crippen molar-refractivity contribution in [1.82, 2.24) is 5.32 Å². The molecule has 0 unspecified atom stereocenters. The first-order valence-electron chi connectivity index (χ1n) is 4.15. The number of carbonyl (C=O) groups excluding carboxylic acids is 1. The van der Waals surface area contributed by atoms with E-state index < -0.39 is 5.97 Å². The lowest BCUT2D eigenvalue weighted by molar-refractivity contribution is -0.136. The Morgan fingerprint density at radius 3 is 2.58 bits per heavy atom. The molecule has 0 bridgehead atoms. The maximum absolute atomic E-state index is 10.8. The molecule has 1 aliphatic carbocycles. The summed E-state index contributed by atoms with van der Waals surface area (Å²) in [5.41, 5.74) is 0. The normalized spacial score (nSPS) is 19.5. The maximum Gasteiger partial charge on any atom is 0.317 e. The Balaban J connectivity index is 2.17. The lowest BCUT2D eigenvalue weighted by atomic mass is 9.94. The summed E-state index contributed by atoms with van der Waals surface area (Å²) < 4.78 is 0. The van der Waals surface area contributed by atoms with E-state index in [2.05, 4.69) is 5.32 Å². The predicted molar refractivity (Wildman–Crippen MR) is 42.9 cm³/mol. The highest BCUT2D eigenvalue weighted by molar-refractivity contribution is 5.79. The molecular formula is C8H13NO3. The Morgan fingerprint density at radius 2 is 2.08 bits per heavy atom. The van der Waals surface area contributed by atoms with Gasteiger partial charge in [0.25, 0.3) is 0 Å². The number of rotatable bonds is 3. The summed E-state index contributed by atoms with van der Waals surface area (Å²) in [4.78, 5) is 21.0. The van der Waals surface area contributed by atoms with Crippen molar-refractivity contribution in [3.63, 3.8) is 0 Å². The molecule has 4 nitrogen and oxygen atoms in total. The Hall–Kier alpha value is -0.900. The Labute approximate surface area is 71.0 Å². The van der Waals surface area contributed by atoms with Gasteiger partial charge in [-0.25, -0.2) is 0 Å². The zero-order valence-electron chi connectivity index (χ0n) is 6.88. The molecule has 1 saturated carbocycles. The minimum absolute atomic E-state index is 0.00113. The van der Waals surface area contributed by atoms with E-state index in [9.17, 15) is 9.59 Å². The van der Waals surface area contributed by atoms with Crippen LogP contribution in [0.3, 0.4) is 0 Å². The molecule has 0 aromatic heterocycles. The SMILES string of the molecule is O=C(O)CNC1CCC(=O)CC1. The third-order valence-electron chi connectivity index (χ3n) is 2.09. The van der Waals surface area contributed by atoms with Crippen LogP contribution in [0.5, 0.6) is 0 Å². The predicted octanol–water partition coefficient (Wildman–Crippen LogP) is 0.172. The summed E-state index contributed by atoms with van der Waals surface area (Å²) in [5.74, 6) is -0.546. The van der Waals surface area contributed by atoms with Crippen LogP contribution in [-0.4, -0.2) is 29.4 Å². The van der Waals surface area contributed by atoms with E-state index in [-0.39, 0.29) is 12.6 Å². The summed E-state index contributed by atoms with van der Waals surface area (Å²) in [5, 5.41) is 11.3. The van der Waals surface area contributed by atoms with Crippen LogP contribution in [0.2, 0.25) is 0 Å². The van der Waals surface area contributed by atoms with Gasteiger partial charge in [-0.1, -0.05) is 0 Å². The second-order valence-electron chi connectivity index (χ2n) is 3.09. The molecule has 1 rings (SSSR count). The lowest BCUT2D eigenvalue weighted by Crippen LogP contribution is -2.36. The fourth-order valence-electron chi connectivity index (χ4n) is 1.38. The monoisotopic (exact) mass is 171 g/mol. The van der Waals surface area contributed by atoms with Crippen molar-refractivity contribution < 1.29 is 14.7 Å². The average Bonchev–Trinajstić information content (AvgIpc) is 2.03. The van der Waals surface area contributed by atoms with Crippen molar-refractivity contribution in [1.29, 1.82) is 0 Å². The number of Topliss-reactive ketones (excluding diaryl/α,β-unsaturated/α-hetero) is 1. The van der Waals surface area contributed by atoms with Gasteiger partial charge in [0.2, 0.25) is 0 Å². The zero-order valence-corrected chi connectivity index (χ0v) is 6.88.